The molecule has 2 aromatic rings. The Balaban J connectivity index is 1.32. The van der Waals surface area contributed by atoms with Gasteiger partial charge >= 0.3 is 0 Å². The molecule has 0 saturated carbocycles. The first-order valence-electron chi connectivity index (χ1n) is 9.18. The van der Waals surface area contributed by atoms with Crippen LogP contribution in [0.1, 0.15) is 11.1 Å². The van der Waals surface area contributed by atoms with Crippen molar-refractivity contribution in [1.82, 2.24) is 9.80 Å². The second-order valence-corrected chi connectivity index (χ2v) is 7.29. The van der Waals surface area contributed by atoms with Gasteiger partial charge in [-0.25, -0.2) is 0 Å². The summed E-state index contributed by atoms with van der Waals surface area (Å²) in [5.74, 6) is 0. The summed E-state index contributed by atoms with van der Waals surface area (Å²) in [5, 5.41) is 11.0. The number of benzene rings is 2. The van der Waals surface area contributed by atoms with Crippen molar-refractivity contribution in [2.45, 2.75) is 19.3 Å². The van der Waals surface area contributed by atoms with Gasteiger partial charge in [-0.2, -0.15) is 0 Å². The highest BCUT2D eigenvalue weighted by Gasteiger charge is 2.19. The summed E-state index contributed by atoms with van der Waals surface area (Å²) in [4.78, 5) is 4.76. The summed E-state index contributed by atoms with van der Waals surface area (Å²) in [6.07, 6.45) is -0.443. The van der Waals surface area contributed by atoms with E-state index < -0.39 is 6.10 Å². The molecule has 4 nitrogen and oxygen atoms in total. The van der Waals surface area contributed by atoms with Crippen molar-refractivity contribution in [2.24, 2.45) is 0 Å². The number of piperazine rings is 1. The van der Waals surface area contributed by atoms with Crippen LogP contribution < -0.4 is 0 Å². The quantitative estimate of drug-likeness (QED) is 0.770. The van der Waals surface area contributed by atoms with Crippen LogP contribution in [0.25, 0.3) is 0 Å². The summed E-state index contributed by atoms with van der Waals surface area (Å²) in [6.45, 7) is 6.52. The molecule has 0 amide bonds. The molecule has 0 bridgehead atoms. The van der Waals surface area contributed by atoms with Crippen LogP contribution in [0.2, 0.25) is 5.02 Å². The fourth-order valence-corrected chi connectivity index (χ4v) is 3.34. The molecular formula is C21H27ClN2O2. The molecule has 1 atom stereocenters. The monoisotopic (exact) mass is 374 g/mol. The lowest BCUT2D eigenvalue weighted by Gasteiger charge is -2.35. The third-order valence-corrected chi connectivity index (χ3v) is 4.93. The highest BCUT2D eigenvalue weighted by molar-refractivity contribution is 6.30. The first-order valence-corrected chi connectivity index (χ1v) is 9.56. The van der Waals surface area contributed by atoms with Crippen LogP contribution in [-0.2, 0) is 17.9 Å². The summed E-state index contributed by atoms with van der Waals surface area (Å²) >= 11 is 5.94. The SMILES string of the molecule is O[C@@H](COCc1ccccc1)CN1CCN(Cc2ccc(Cl)cc2)CC1. The number of nitrogens with zero attached hydrogens (tertiary/aromatic N) is 2. The zero-order chi connectivity index (χ0) is 18.2. The minimum Gasteiger partial charge on any atom is -0.389 e. The minimum atomic E-state index is -0.443. The number of ether oxygens (including phenoxy) is 1. The Kier molecular flexibility index (Phi) is 7.47. The third kappa shape index (κ3) is 6.38. The van der Waals surface area contributed by atoms with Crippen LogP contribution >= 0.6 is 11.6 Å². The third-order valence-electron chi connectivity index (χ3n) is 4.68. The summed E-state index contributed by atoms with van der Waals surface area (Å²) in [7, 11) is 0. The Labute approximate surface area is 160 Å². The fraction of sp³-hybridized carbons (Fsp3) is 0.429. The number of aliphatic hydroxyl groups excluding tert-OH is 1. The number of halogens is 1. The van der Waals surface area contributed by atoms with Crippen molar-refractivity contribution in [3.63, 3.8) is 0 Å². The summed E-state index contributed by atoms with van der Waals surface area (Å²) in [6, 6.07) is 18.1. The molecular weight excluding hydrogens is 348 g/mol. The van der Waals surface area contributed by atoms with Gasteiger partial charge in [-0.15, -0.1) is 0 Å². The van der Waals surface area contributed by atoms with Crippen LogP contribution in [-0.4, -0.2) is 60.3 Å². The molecule has 2 aromatic carbocycles. The van der Waals surface area contributed by atoms with E-state index in [-0.39, 0.29) is 0 Å². The van der Waals surface area contributed by atoms with E-state index in [1.807, 2.05) is 42.5 Å². The number of aliphatic hydroxyl groups is 1. The average molecular weight is 375 g/mol. The predicted molar refractivity (Wildman–Crippen MR) is 105 cm³/mol. The molecule has 1 aliphatic rings. The maximum Gasteiger partial charge on any atom is 0.0900 e. The van der Waals surface area contributed by atoms with Crippen molar-refractivity contribution in [3.8, 4) is 0 Å². The zero-order valence-corrected chi connectivity index (χ0v) is 15.8. The summed E-state index contributed by atoms with van der Waals surface area (Å²) in [5.41, 5.74) is 2.42. The minimum absolute atomic E-state index is 0.375. The lowest BCUT2D eigenvalue weighted by molar-refractivity contribution is 0.000878. The summed E-state index contributed by atoms with van der Waals surface area (Å²) < 4.78 is 5.63. The molecule has 1 aliphatic heterocycles. The topological polar surface area (TPSA) is 35.9 Å². The molecule has 1 fully saturated rings. The van der Waals surface area contributed by atoms with Gasteiger partial charge in [-0.3, -0.25) is 9.80 Å². The van der Waals surface area contributed by atoms with Crippen LogP contribution in [0.4, 0.5) is 0 Å². The van der Waals surface area contributed by atoms with Gasteiger partial charge < -0.3 is 9.84 Å². The maximum absolute atomic E-state index is 10.2. The molecule has 140 valence electrons. The van der Waals surface area contributed by atoms with E-state index in [1.165, 1.54) is 5.56 Å². The maximum atomic E-state index is 10.2. The van der Waals surface area contributed by atoms with E-state index in [0.29, 0.717) is 19.8 Å². The van der Waals surface area contributed by atoms with Gasteiger partial charge in [0.15, 0.2) is 0 Å². The van der Waals surface area contributed by atoms with E-state index in [2.05, 4.69) is 21.9 Å². The van der Waals surface area contributed by atoms with E-state index in [1.54, 1.807) is 0 Å². The predicted octanol–water partition coefficient (Wildman–Crippen LogP) is 3.04. The van der Waals surface area contributed by atoms with E-state index in [4.69, 9.17) is 16.3 Å². The molecule has 0 spiro atoms. The molecule has 5 heteroatoms. The van der Waals surface area contributed by atoms with Gasteiger partial charge in [0.25, 0.3) is 0 Å². The highest BCUT2D eigenvalue weighted by atomic mass is 35.5. The molecule has 0 aliphatic carbocycles. The Morgan fingerprint density at radius 2 is 1.54 bits per heavy atom. The number of hydrogen-bond acceptors (Lipinski definition) is 4. The van der Waals surface area contributed by atoms with Crippen LogP contribution in [0.15, 0.2) is 54.6 Å². The average Bonchev–Trinajstić information content (AvgIpc) is 2.66. The Bertz CT molecular complexity index is 643. The molecule has 1 saturated heterocycles. The highest BCUT2D eigenvalue weighted by Crippen LogP contribution is 2.13. The smallest absolute Gasteiger partial charge is 0.0900 e. The number of hydrogen-bond donors (Lipinski definition) is 1. The second-order valence-electron chi connectivity index (χ2n) is 6.86. The lowest BCUT2D eigenvalue weighted by atomic mass is 10.2. The first kappa shape index (κ1) is 19.3. The van der Waals surface area contributed by atoms with Gasteiger partial charge in [-0.05, 0) is 23.3 Å². The molecule has 3 rings (SSSR count). The van der Waals surface area contributed by atoms with Gasteiger partial charge in [0, 0.05) is 44.3 Å². The standard InChI is InChI=1S/C21H27ClN2O2/c22-20-8-6-18(7-9-20)14-23-10-12-24(13-11-23)15-21(25)17-26-16-19-4-2-1-3-5-19/h1-9,21,25H,10-17H2/t21-/m1/s1. The van der Waals surface area contributed by atoms with E-state index in [9.17, 15) is 5.11 Å². The van der Waals surface area contributed by atoms with Crippen LogP contribution in [0.5, 0.6) is 0 Å². The van der Waals surface area contributed by atoms with E-state index in [0.717, 1.165) is 43.3 Å². The van der Waals surface area contributed by atoms with E-state index >= 15 is 0 Å². The molecule has 0 aromatic heterocycles. The second kappa shape index (κ2) is 10.0. The van der Waals surface area contributed by atoms with Gasteiger partial charge in [0.1, 0.15) is 0 Å². The molecule has 1 N–H and O–H groups in total. The largest absolute Gasteiger partial charge is 0.389 e. The van der Waals surface area contributed by atoms with Gasteiger partial charge in [0.2, 0.25) is 0 Å². The number of rotatable bonds is 8. The Morgan fingerprint density at radius 1 is 0.885 bits per heavy atom. The zero-order valence-electron chi connectivity index (χ0n) is 15.1. The van der Waals surface area contributed by atoms with Crippen molar-refractivity contribution in [2.75, 3.05) is 39.3 Å². The van der Waals surface area contributed by atoms with Crippen molar-refractivity contribution in [1.29, 1.82) is 0 Å². The Morgan fingerprint density at radius 3 is 2.23 bits per heavy atom. The van der Waals surface area contributed by atoms with Crippen molar-refractivity contribution in [3.05, 3.63) is 70.7 Å². The molecule has 26 heavy (non-hydrogen) atoms. The first-order chi connectivity index (χ1) is 12.7. The fourth-order valence-electron chi connectivity index (χ4n) is 3.22. The van der Waals surface area contributed by atoms with Crippen LogP contribution in [0.3, 0.4) is 0 Å². The van der Waals surface area contributed by atoms with Gasteiger partial charge in [-0.1, -0.05) is 54.1 Å². The Hall–Kier alpha value is -1.43. The molecule has 0 unspecified atom stereocenters. The number of β-amino-alcohol motifs (C(OH)–C–C–N with tert-alkyl or cyclic N) is 1. The van der Waals surface area contributed by atoms with Crippen LogP contribution in [0, 0.1) is 0 Å². The van der Waals surface area contributed by atoms with Gasteiger partial charge in [0.05, 0.1) is 19.3 Å². The lowest BCUT2D eigenvalue weighted by Crippen LogP contribution is -2.48. The molecule has 0 radical (unpaired) electrons. The normalized spacial score (nSPS) is 17.3. The van der Waals surface area contributed by atoms with Crippen molar-refractivity contribution >= 4 is 11.6 Å². The molecule has 1 heterocycles. The van der Waals surface area contributed by atoms with Crippen molar-refractivity contribution < 1.29 is 9.84 Å².